The third kappa shape index (κ3) is 3.38. The molecule has 0 spiro atoms. The number of phenols is 1. The number of piperidine rings is 1. The first-order valence-electron chi connectivity index (χ1n) is 8.43. The fraction of sp³-hybridized carbons (Fsp3) is 0.350. The fourth-order valence-electron chi connectivity index (χ4n) is 3.20. The summed E-state index contributed by atoms with van der Waals surface area (Å²) < 4.78 is 0. The number of carbonyl (C=O) groups excluding carboxylic acids is 1. The Bertz CT molecular complexity index is 785. The molecule has 0 radical (unpaired) electrons. The molecule has 0 aromatic heterocycles. The molecule has 1 saturated heterocycles. The zero-order chi connectivity index (χ0) is 18.1. The Morgan fingerprint density at radius 2 is 1.68 bits per heavy atom. The molecule has 0 unspecified atom stereocenters. The van der Waals surface area contributed by atoms with E-state index in [-0.39, 0.29) is 18.2 Å². The largest absolute Gasteiger partial charge is 0.508 e. The molecule has 2 aromatic carbocycles. The lowest BCUT2D eigenvalue weighted by Crippen LogP contribution is -2.48. The van der Waals surface area contributed by atoms with Gasteiger partial charge in [0, 0.05) is 18.7 Å². The van der Waals surface area contributed by atoms with Crippen molar-refractivity contribution in [2.45, 2.75) is 32.5 Å². The van der Waals surface area contributed by atoms with E-state index >= 15 is 0 Å². The number of rotatable bonds is 2. The topological polar surface area (TPSA) is 81.0 Å². The van der Waals surface area contributed by atoms with E-state index < -0.39 is 12.2 Å². The Morgan fingerprint density at radius 3 is 2.32 bits per heavy atom. The molecule has 2 atom stereocenters. The number of carbonyl (C=O) groups is 1. The van der Waals surface area contributed by atoms with Crippen LogP contribution < -0.4 is 0 Å². The van der Waals surface area contributed by atoms with Crippen LogP contribution in [0.4, 0.5) is 0 Å². The zero-order valence-electron chi connectivity index (χ0n) is 14.4. The summed E-state index contributed by atoms with van der Waals surface area (Å²) in [6.45, 7) is 4.43. The van der Waals surface area contributed by atoms with Gasteiger partial charge in [-0.15, -0.1) is 0 Å². The van der Waals surface area contributed by atoms with Crippen molar-refractivity contribution in [3.63, 3.8) is 0 Å². The molecule has 1 heterocycles. The van der Waals surface area contributed by atoms with E-state index in [1.54, 1.807) is 23.1 Å². The lowest BCUT2D eigenvalue weighted by molar-refractivity contribution is -0.0321. The molecular formula is C20H23NO4. The van der Waals surface area contributed by atoms with Gasteiger partial charge in [0.25, 0.3) is 5.91 Å². The van der Waals surface area contributed by atoms with Crippen LogP contribution in [0, 0.1) is 13.8 Å². The quantitative estimate of drug-likeness (QED) is 0.782. The van der Waals surface area contributed by atoms with Crippen LogP contribution in [0.1, 0.15) is 27.9 Å². The standard InChI is InChI=1S/C20H23NO4/c1-12-13(2)17(22)8-7-16(12)14-3-5-15(6-4-14)20(25)21-10-9-18(23)19(24)11-21/h3-8,18-19,22-24H,9-11H2,1-2H3/t18-,19-/m0/s1. The maximum Gasteiger partial charge on any atom is 0.253 e. The van der Waals surface area contributed by atoms with Crippen molar-refractivity contribution in [1.82, 2.24) is 4.90 Å². The minimum atomic E-state index is -0.889. The first-order chi connectivity index (χ1) is 11.9. The van der Waals surface area contributed by atoms with Gasteiger partial charge >= 0.3 is 0 Å². The Labute approximate surface area is 147 Å². The summed E-state index contributed by atoms with van der Waals surface area (Å²) in [5.74, 6) is 0.134. The minimum absolute atomic E-state index is 0.142. The number of nitrogens with zero attached hydrogens (tertiary/aromatic N) is 1. The predicted molar refractivity (Wildman–Crippen MR) is 95.6 cm³/mol. The first kappa shape index (κ1) is 17.5. The Balaban J connectivity index is 1.81. The van der Waals surface area contributed by atoms with Crippen LogP contribution in [0.15, 0.2) is 36.4 Å². The summed E-state index contributed by atoms with van der Waals surface area (Å²) in [4.78, 5) is 14.1. The number of hydrogen-bond donors (Lipinski definition) is 3. The van der Waals surface area contributed by atoms with E-state index in [4.69, 9.17) is 0 Å². The molecule has 5 heteroatoms. The van der Waals surface area contributed by atoms with Gasteiger partial charge in [-0.25, -0.2) is 0 Å². The molecule has 2 aromatic rings. The van der Waals surface area contributed by atoms with Gasteiger partial charge in [-0.3, -0.25) is 4.79 Å². The zero-order valence-corrected chi connectivity index (χ0v) is 14.4. The van der Waals surface area contributed by atoms with Crippen LogP contribution in [0.2, 0.25) is 0 Å². The third-order valence-corrected chi connectivity index (χ3v) is 5.04. The maximum absolute atomic E-state index is 12.6. The predicted octanol–water partition coefficient (Wildman–Crippen LogP) is 2.24. The van der Waals surface area contributed by atoms with Crippen LogP contribution in [0.5, 0.6) is 5.75 Å². The highest BCUT2D eigenvalue weighted by atomic mass is 16.3. The number of β-amino-alcohol motifs (C(OH)–C–C–N with tert-alkyl or cyclic N) is 1. The van der Waals surface area contributed by atoms with E-state index in [0.29, 0.717) is 18.5 Å². The SMILES string of the molecule is Cc1c(O)ccc(-c2ccc(C(=O)N3CC[C@H](O)[C@@H](O)C3)cc2)c1C. The van der Waals surface area contributed by atoms with Crippen molar-refractivity contribution in [3.8, 4) is 16.9 Å². The molecule has 3 rings (SSSR count). The van der Waals surface area contributed by atoms with Crippen molar-refractivity contribution in [2.24, 2.45) is 0 Å². The minimum Gasteiger partial charge on any atom is -0.508 e. The van der Waals surface area contributed by atoms with E-state index in [1.165, 1.54) is 0 Å². The number of benzene rings is 2. The first-order valence-corrected chi connectivity index (χ1v) is 8.43. The average molecular weight is 341 g/mol. The molecule has 0 bridgehead atoms. The number of likely N-dealkylation sites (tertiary alicyclic amines) is 1. The van der Waals surface area contributed by atoms with Crippen LogP contribution in [-0.2, 0) is 0 Å². The molecule has 1 amide bonds. The van der Waals surface area contributed by atoms with Gasteiger partial charge in [0.05, 0.1) is 12.2 Å². The lowest BCUT2D eigenvalue weighted by atomic mass is 9.95. The molecule has 132 valence electrons. The summed E-state index contributed by atoms with van der Waals surface area (Å²) in [6, 6.07) is 10.9. The number of aliphatic hydroxyl groups is 2. The van der Waals surface area contributed by atoms with Crippen molar-refractivity contribution in [2.75, 3.05) is 13.1 Å². The molecule has 1 aliphatic heterocycles. The lowest BCUT2D eigenvalue weighted by Gasteiger charge is -2.33. The highest BCUT2D eigenvalue weighted by Gasteiger charge is 2.29. The third-order valence-electron chi connectivity index (χ3n) is 5.04. The average Bonchev–Trinajstić information content (AvgIpc) is 2.62. The summed E-state index contributed by atoms with van der Waals surface area (Å²) in [5.41, 5.74) is 4.41. The number of phenolic OH excluding ortho intramolecular Hbond substituents is 1. The molecule has 25 heavy (non-hydrogen) atoms. The smallest absolute Gasteiger partial charge is 0.253 e. The Kier molecular flexibility index (Phi) is 4.79. The van der Waals surface area contributed by atoms with Crippen LogP contribution in [0.3, 0.4) is 0 Å². The maximum atomic E-state index is 12.6. The summed E-state index contributed by atoms with van der Waals surface area (Å²) in [7, 11) is 0. The molecule has 5 nitrogen and oxygen atoms in total. The van der Waals surface area contributed by atoms with Gasteiger partial charge in [0.2, 0.25) is 0 Å². The monoisotopic (exact) mass is 341 g/mol. The number of hydrogen-bond acceptors (Lipinski definition) is 4. The van der Waals surface area contributed by atoms with Gasteiger partial charge in [-0.1, -0.05) is 18.2 Å². The van der Waals surface area contributed by atoms with Crippen LogP contribution in [0.25, 0.3) is 11.1 Å². The second kappa shape index (κ2) is 6.86. The molecular weight excluding hydrogens is 318 g/mol. The Hall–Kier alpha value is -2.37. The number of amides is 1. The molecule has 3 N–H and O–H groups in total. The summed E-state index contributed by atoms with van der Waals surface area (Å²) in [5, 5.41) is 29.1. The van der Waals surface area contributed by atoms with Gasteiger partial charge in [0.1, 0.15) is 5.75 Å². The summed E-state index contributed by atoms with van der Waals surface area (Å²) >= 11 is 0. The highest BCUT2D eigenvalue weighted by molar-refractivity contribution is 5.95. The number of aromatic hydroxyl groups is 1. The van der Waals surface area contributed by atoms with Crippen molar-refractivity contribution in [3.05, 3.63) is 53.1 Å². The van der Waals surface area contributed by atoms with E-state index in [2.05, 4.69) is 0 Å². The van der Waals surface area contributed by atoms with Gasteiger partial charge in [0.15, 0.2) is 0 Å². The van der Waals surface area contributed by atoms with Crippen LogP contribution >= 0.6 is 0 Å². The fourth-order valence-corrected chi connectivity index (χ4v) is 3.20. The van der Waals surface area contributed by atoms with Gasteiger partial charge < -0.3 is 20.2 Å². The van der Waals surface area contributed by atoms with E-state index in [0.717, 1.165) is 22.3 Å². The van der Waals surface area contributed by atoms with Crippen molar-refractivity contribution in [1.29, 1.82) is 0 Å². The normalized spacial score (nSPS) is 20.6. The molecule has 0 aliphatic carbocycles. The molecule has 0 saturated carbocycles. The van der Waals surface area contributed by atoms with E-state index in [9.17, 15) is 20.1 Å². The number of aliphatic hydroxyl groups excluding tert-OH is 2. The second-order valence-corrected chi connectivity index (χ2v) is 6.63. The highest BCUT2D eigenvalue weighted by Crippen LogP contribution is 2.30. The van der Waals surface area contributed by atoms with Crippen LogP contribution in [-0.4, -0.2) is 51.4 Å². The van der Waals surface area contributed by atoms with Gasteiger partial charge in [-0.05, 0) is 60.7 Å². The summed E-state index contributed by atoms with van der Waals surface area (Å²) in [6.07, 6.45) is -1.26. The van der Waals surface area contributed by atoms with Crippen molar-refractivity contribution >= 4 is 5.91 Å². The van der Waals surface area contributed by atoms with Gasteiger partial charge in [-0.2, -0.15) is 0 Å². The van der Waals surface area contributed by atoms with E-state index in [1.807, 2.05) is 32.0 Å². The van der Waals surface area contributed by atoms with Crippen molar-refractivity contribution < 1.29 is 20.1 Å². The Morgan fingerprint density at radius 1 is 1.00 bits per heavy atom. The second-order valence-electron chi connectivity index (χ2n) is 6.63. The molecule has 1 fully saturated rings. The molecule has 1 aliphatic rings.